The molecular weight excluding hydrogens is 285 g/mol. The highest BCUT2D eigenvalue weighted by Crippen LogP contribution is 2.22. The van der Waals surface area contributed by atoms with Gasteiger partial charge in [-0.1, -0.05) is 17.7 Å². The summed E-state index contributed by atoms with van der Waals surface area (Å²) in [6, 6.07) is 8.56. The van der Waals surface area contributed by atoms with Crippen LogP contribution in [0.3, 0.4) is 0 Å². The third-order valence-corrected chi connectivity index (χ3v) is 2.93. The molecule has 0 radical (unpaired) electrons. The third kappa shape index (κ3) is 3.19. The Hall–Kier alpha value is -2.27. The Morgan fingerprint density at radius 2 is 2.05 bits per heavy atom. The van der Waals surface area contributed by atoms with E-state index in [0.717, 1.165) is 0 Å². The summed E-state index contributed by atoms with van der Waals surface area (Å²) in [5.41, 5.74) is 6.43. The van der Waals surface area contributed by atoms with Gasteiger partial charge in [0.05, 0.1) is 10.6 Å². The first kappa shape index (κ1) is 14.1. The van der Waals surface area contributed by atoms with Gasteiger partial charge in [0.1, 0.15) is 18.2 Å². The summed E-state index contributed by atoms with van der Waals surface area (Å²) >= 11 is 5.66. The lowest BCUT2D eigenvalue weighted by Gasteiger charge is -2.09. The number of nitrogens with two attached hydrogens (primary N) is 1. The molecule has 0 aliphatic rings. The SMILES string of the molecule is Nc1cc(OCc2ccc(F)c(Cl)c2)ccc1C(=O)O. The predicted molar refractivity (Wildman–Crippen MR) is 73.6 cm³/mol. The predicted octanol–water partition coefficient (Wildman–Crippen LogP) is 3.34. The molecule has 3 N–H and O–H groups in total. The van der Waals surface area contributed by atoms with Crippen LogP contribution in [0.1, 0.15) is 15.9 Å². The van der Waals surface area contributed by atoms with Gasteiger partial charge in [-0.15, -0.1) is 0 Å². The summed E-state index contributed by atoms with van der Waals surface area (Å²) in [7, 11) is 0. The Bertz CT molecular complexity index is 661. The topological polar surface area (TPSA) is 72.5 Å². The number of benzene rings is 2. The molecule has 2 aromatic carbocycles. The smallest absolute Gasteiger partial charge is 0.337 e. The molecule has 6 heteroatoms. The lowest BCUT2D eigenvalue weighted by atomic mass is 10.2. The number of hydrogen-bond donors (Lipinski definition) is 2. The first-order chi connectivity index (χ1) is 9.47. The number of hydrogen-bond acceptors (Lipinski definition) is 3. The summed E-state index contributed by atoms with van der Waals surface area (Å²) in [6.45, 7) is 0.172. The molecule has 0 amide bonds. The van der Waals surface area contributed by atoms with Gasteiger partial charge in [-0.3, -0.25) is 0 Å². The Balaban J connectivity index is 2.09. The zero-order valence-electron chi connectivity index (χ0n) is 10.3. The highest BCUT2D eigenvalue weighted by molar-refractivity contribution is 6.30. The van der Waals surface area contributed by atoms with E-state index in [-0.39, 0.29) is 22.9 Å². The molecule has 0 fully saturated rings. The van der Waals surface area contributed by atoms with Crippen molar-refractivity contribution in [3.63, 3.8) is 0 Å². The minimum atomic E-state index is -1.10. The second-order valence-corrected chi connectivity index (χ2v) is 4.50. The van der Waals surface area contributed by atoms with Crippen LogP contribution in [0.15, 0.2) is 36.4 Å². The van der Waals surface area contributed by atoms with Crippen LogP contribution in [0.5, 0.6) is 5.75 Å². The van der Waals surface area contributed by atoms with Crippen LogP contribution in [-0.2, 0) is 6.61 Å². The van der Waals surface area contributed by atoms with Crippen molar-refractivity contribution < 1.29 is 19.0 Å². The van der Waals surface area contributed by atoms with E-state index >= 15 is 0 Å². The monoisotopic (exact) mass is 295 g/mol. The molecule has 0 aliphatic carbocycles. The van der Waals surface area contributed by atoms with Gasteiger partial charge in [-0.25, -0.2) is 9.18 Å². The maximum Gasteiger partial charge on any atom is 0.337 e. The molecule has 4 nitrogen and oxygen atoms in total. The molecule has 0 spiro atoms. The van der Waals surface area contributed by atoms with E-state index in [9.17, 15) is 9.18 Å². The molecular formula is C14H11ClFNO3. The fraction of sp³-hybridized carbons (Fsp3) is 0.0714. The highest BCUT2D eigenvalue weighted by Gasteiger charge is 2.08. The van der Waals surface area contributed by atoms with Crippen molar-refractivity contribution in [3.8, 4) is 5.75 Å². The highest BCUT2D eigenvalue weighted by atomic mass is 35.5. The van der Waals surface area contributed by atoms with Crippen molar-refractivity contribution in [3.05, 3.63) is 58.4 Å². The third-order valence-electron chi connectivity index (χ3n) is 2.64. The molecule has 0 aromatic heterocycles. The summed E-state index contributed by atoms with van der Waals surface area (Å²) in [6.07, 6.45) is 0. The maximum atomic E-state index is 13.0. The van der Waals surface area contributed by atoms with E-state index in [4.69, 9.17) is 27.2 Å². The van der Waals surface area contributed by atoms with Gasteiger partial charge in [0.15, 0.2) is 0 Å². The van der Waals surface area contributed by atoms with Crippen LogP contribution in [0.2, 0.25) is 5.02 Å². The Kier molecular flexibility index (Phi) is 4.10. The molecule has 0 saturated heterocycles. The molecule has 2 rings (SSSR count). The molecule has 20 heavy (non-hydrogen) atoms. The second-order valence-electron chi connectivity index (χ2n) is 4.09. The van der Waals surface area contributed by atoms with Gasteiger partial charge in [0, 0.05) is 11.8 Å². The Morgan fingerprint density at radius 1 is 1.30 bits per heavy atom. The quantitative estimate of drug-likeness (QED) is 0.849. The van der Waals surface area contributed by atoms with Crippen molar-refractivity contribution in [2.24, 2.45) is 0 Å². The van der Waals surface area contributed by atoms with E-state index in [2.05, 4.69) is 0 Å². The van der Waals surface area contributed by atoms with Crippen molar-refractivity contribution in [2.45, 2.75) is 6.61 Å². The lowest BCUT2D eigenvalue weighted by molar-refractivity contribution is 0.0698. The summed E-state index contributed by atoms with van der Waals surface area (Å²) in [5.74, 6) is -1.17. The average molecular weight is 296 g/mol. The van der Waals surface area contributed by atoms with E-state index in [1.165, 1.54) is 30.3 Å². The maximum absolute atomic E-state index is 13.0. The normalized spacial score (nSPS) is 10.3. The average Bonchev–Trinajstić information content (AvgIpc) is 2.40. The number of carboxylic acids is 1. The van der Waals surface area contributed by atoms with Gasteiger partial charge in [0.2, 0.25) is 0 Å². The zero-order valence-corrected chi connectivity index (χ0v) is 11.0. The van der Waals surface area contributed by atoms with Gasteiger partial charge in [-0.2, -0.15) is 0 Å². The van der Waals surface area contributed by atoms with Gasteiger partial charge in [0.25, 0.3) is 0 Å². The lowest BCUT2D eigenvalue weighted by Crippen LogP contribution is -2.03. The largest absolute Gasteiger partial charge is 0.489 e. The second kappa shape index (κ2) is 5.79. The van der Waals surface area contributed by atoms with Crippen LogP contribution in [0.25, 0.3) is 0 Å². The minimum Gasteiger partial charge on any atom is -0.489 e. The molecule has 0 bridgehead atoms. The van der Waals surface area contributed by atoms with E-state index < -0.39 is 11.8 Å². The number of halogens is 2. The van der Waals surface area contributed by atoms with E-state index in [1.807, 2.05) is 0 Å². The molecule has 2 aromatic rings. The van der Waals surface area contributed by atoms with Crippen molar-refractivity contribution in [2.75, 3.05) is 5.73 Å². The van der Waals surface area contributed by atoms with Gasteiger partial charge in [-0.05, 0) is 29.8 Å². The van der Waals surface area contributed by atoms with Crippen molar-refractivity contribution in [1.29, 1.82) is 0 Å². The fourth-order valence-electron chi connectivity index (χ4n) is 1.62. The van der Waals surface area contributed by atoms with Crippen LogP contribution in [0.4, 0.5) is 10.1 Å². The number of carbonyl (C=O) groups is 1. The number of aromatic carboxylic acids is 1. The molecule has 0 unspecified atom stereocenters. The van der Waals surface area contributed by atoms with Gasteiger partial charge >= 0.3 is 5.97 Å². The van der Waals surface area contributed by atoms with E-state index in [1.54, 1.807) is 6.07 Å². The fourth-order valence-corrected chi connectivity index (χ4v) is 1.82. The standard InChI is InChI=1S/C14H11ClFNO3/c15-11-5-8(1-4-12(11)16)7-20-9-2-3-10(14(18)19)13(17)6-9/h1-6H,7,17H2,(H,18,19). The van der Waals surface area contributed by atoms with E-state index in [0.29, 0.717) is 11.3 Å². The number of anilines is 1. The van der Waals surface area contributed by atoms with Crippen molar-refractivity contribution >= 4 is 23.3 Å². The first-order valence-electron chi connectivity index (χ1n) is 5.67. The molecule has 104 valence electrons. The van der Waals surface area contributed by atoms with Crippen molar-refractivity contribution in [1.82, 2.24) is 0 Å². The number of nitrogen functional groups attached to an aromatic ring is 1. The van der Waals surface area contributed by atoms with Gasteiger partial charge < -0.3 is 15.6 Å². The van der Waals surface area contributed by atoms with Crippen LogP contribution >= 0.6 is 11.6 Å². The zero-order chi connectivity index (χ0) is 14.7. The Labute approximate surface area is 119 Å². The molecule has 0 saturated carbocycles. The van der Waals surface area contributed by atoms with Crippen LogP contribution < -0.4 is 10.5 Å². The molecule has 0 atom stereocenters. The summed E-state index contributed by atoms with van der Waals surface area (Å²) in [4.78, 5) is 10.8. The number of carboxylic acid groups (broad SMARTS) is 1. The Morgan fingerprint density at radius 3 is 2.65 bits per heavy atom. The van der Waals surface area contributed by atoms with Crippen LogP contribution in [-0.4, -0.2) is 11.1 Å². The minimum absolute atomic E-state index is 0.0159. The summed E-state index contributed by atoms with van der Waals surface area (Å²) < 4.78 is 18.4. The molecule has 0 heterocycles. The molecule has 0 aliphatic heterocycles. The first-order valence-corrected chi connectivity index (χ1v) is 6.04. The summed E-state index contributed by atoms with van der Waals surface area (Å²) in [5, 5.41) is 8.87. The number of ether oxygens (including phenoxy) is 1. The number of rotatable bonds is 4. The van der Waals surface area contributed by atoms with Crippen LogP contribution in [0, 0.1) is 5.82 Å².